The molecular weight excluding hydrogens is 324 g/mol. The lowest BCUT2D eigenvalue weighted by Crippen LogP contribution is -2.12. The highest BCUT2D eigenvalue weighted by Crippen LogP contribution is 2.14. The standard InChI is InChI=1S/C22H26N2O2/c1-4-5-7-18-8-6-9-19(15-18)23-21(25)12-13-22(26)24-20-11-10-16(2)17(3)14-20/h6,8-15H,4-5,7H2,1-3H3,(H,23,25)(H,24,26). The van der Waals surface area contributed by atoms with Crippen molar-refractivity contribution in [2.24, 2.45) is 0 Å². The molecule has 0 bridgehead atoms. The minimum Gasteiger partial charge on any atom is -0.323 e. The summed E-state index contributed by atoms with van der Waals surface area (Å²) in [6.45, 7) is 6.16. The van der Waals surface area contributed by atoms with Crippen LogP contribution in [0.2, 0.25) is 0 Å². The summed E-state index contributed by atoms with van der Waals surface area (Å²) in [4.78, 5) is 24.0. The Labute approximate surface area is 155 Å². The van der Waals surface area contributed by atoms with Crippen molar-refractivity contribution in [3.63, 3.8) is 0 Å². The Kier molecular flexibility index (Phi) is 7.15. The summed E-state index contributed by atoms with van der Waals surface area (Å²) >= 11 is 0. The molecule has 2 aromatic rings. The molecule has 4 heteroatoms. The molecule has 0 aromatic heterocycles. The normalized spacial score (nSPS) is 10.7. The van der Waals surface area contributed by atoms with Crippen LogP contribution in [0.25, 0.3) is 0 Å². The van der Waals surface area contributed by atoms with E-state index in [1.807, 2.05) is 50.2 Å². The number of unbranched alkanes of at least 4 members (excludes halogenated alkanes) is 1. The average molecular weight is 350 g/mol. The van der Waals surface area contributed by atoms with Crippen molar-refractivity contribution in [2.75, 3.05) is 10.6 Å². The molecule has 26 heavy (non-hydrogen) atoms. The Hall–Kier alpha value is -2.88. The van der Waals surface area contributed by atoms with Crippen LogP contribution in [-0.2, 0) is 16.0 Å². The summed E-state index contributed by atoms with van der Waals surface area (Å²) < 4.78 is 0. The van der Waals surface area contributed by atoms with Gasteiger partial charge >= 0.3 is 0 Å². The van der Waals surface area contributed by atoms with Crippen molar-refractivity contribution in [3.8, 4) is 0 Å². The average Bonchev–Trinajstić information content (AvgIpc) is 2.62. The van der Waals surface area contributed by atoms with Crippen LogP contribution < -0.4 is 10.6 Å². The molecule has 4 nitrogen and oxygen atoms in total. The van der Waals surface area contributed by atoms with E-state index in [4.69, 9.17) is 0 Å². The maximum absolute atomic E-state index is 12.0. The van der Waals surface area contributed by atoms with Crippen LogP contribution in [0.5, 0.6) is 0 Å². The van der Waals surface area contributed by atoms with Crippen LogP contribution in [0.15, 0.2) is 54.6 Å². The third kappa shape index (κ3) is 6.20. The third-order valence-electron chi connectivity index (χ3n) is 4.17. The lowest BCUT2D eigenvalue weighted by atomic mass is 10.1. The van der Waals surface area contributed by atoms with Crippen LogP contribution in [0.4, 0.5) is 11.4 Å². The Morgan fingerprint density at radius 1 is 0.885 bits per heavy atom. The second-order valence-corrected chi connectivity index (χ2v) is 6.41. The number of carbonyl (C=O) groups excluding carboxylic acids is 2. The van der Waals surface area contributed by atoms with Crippen LogP contribution in [-0.4, -0.2) is 11.8 Å². The molecule has 0 unspecified atom stereocenters. The predicted octanol–water partition coefficient (Wildman–Crippen LogP) is 4.78. The van der Waals surface area contributed by atoms with Gasteiger partial charge in [-0.05, 0) is 67.6 Å². The highest BCUT2D eigenvalue weighted by molar-refractivity contribution is 6.06. The van der Waals surface area contributed by atoms with Gasteiger partial charge in [0.15, 0.2) is 0 Å². The minimum atomic E-state index is -0.333. The lowest BCUT2D eigenvalue weighted by Gasteiger charge is -2.06. The molecule has 0 aliphatic rings. The number of hydrogen-bond donors (Lipinski definition) is 2. The van der Waals surface area contributed by atoms with Crippen molar-refractivity contribution >= 4 is 23.2 Å². The van der Waals surface area contributed by atoms with Crippen molar-refractivity contribution in [1.29, 1.82) is 0 Å². The maximum Gasteiger partial charge on any atom is 0.248 e. The van der Waals surface area contributed by atoms with Crippen molar-refractivity contribution in [3.05, 3.63) is 71.3 Å². The zero-order valence-electron chi connectivity index (χ0n) is 15.6. The van der Waals surface area contributed by atoms with Crippen LogP contribution >= 0.6 is 0 Å². The fourth-order valence-electron chi connectivity index (χ4n) is 2.52. The molecule has 0 saturated carbocycles. The number of rotatable bonds is 7. The van der Waals surface area contributed by atoms with Crippen molar-refractivity contribution < 1.29 is 9.59 Å². The number of hydrogen-bond acceptors (Lipinski definition) is 2. The van der Waals surface area contributed by atoms with E-state index in [1.54, 1.807) is 0 Å². The zero-order valence-corrected chi connectivity index (χ0v) is 15.6. The lowest BCUT2D eigenvalue weighted by molar-refractivity contribution is -0.114. The number of amides is 2. The highest BCUT2D eigenvalue weighted by atomic mass is 16.2. The number of carbonyl (C=O) groups is 2. The van der Waals surface area contributed by atoms with E-state index in [0.29, 0.717) is 5.69 Å². The molecule has 0 fully saturated rings. The van der Waals surface area contributed by atoms with Crippen LogP contribution in [0.1, 0.15) is 36.5 Å². The monoisotopic (exact) mass is 350 g/mol. The van der Waals surface area contributed by atoms with Gasteiger partial charge in [-0.15, -0.1) is 0 Å². The van der Waals surface area contributed by atoms with Gasteiger partial charge in [-0.1, -0.05) is 31.5 Å². The fourth-order valence-corrected chi connectivity index (χ4v) is 2.52. The van der Waals surface area contributed by atoms with E-state index < -0.39 is 0 Å². The van der Waals surface area contributed by atoms with E-state index in [-0.39, 0.29) is 11.8 Å². The molecule has 0 saturated heterocycles. The number of anilines is 2. The quantitative estimate of drug-likeness (QED) is 0.706. The molecule has 136 valence electrons. The summed E-state index contributed by atoms with van der Waals surface area (Å²) in [5.74, 6) is -0.659. The van der Waals surface area contributed by atoms with Gasteiger partial charge in [0, 0.05) is 23.5 Å². The van der Waals surface area contributed by atoms with Crippen molar-refractivity contribution in [2.45, 2.75) is 40.0 Å². The summed E-state index contributed by atoms with van der Waals surface area (Å²) in [5, 5.41) is 5.54. The van der Waals surface area contributed by atoms with Gasteiger partial charge in [0.1, 0.15) is 0 Å². The Morgan fingerprint density at radius 3 is 2.15 bits per heavy atom. The van der Waals surface area contributed by atoms with Gasteiger partial charge in [-0.3, -0.25) is 9.59 Å². The summed E-state index contributed by atoms with van der Waals surface area (Å²) in [7, 11) is 0. The molecule has 0 radical (unpaired) electrons. The van der Waals surface area contributed by atoms with Gasteiger partial charge in [-0.25, -0.2) is 0 Å². The molecular formula is C22H26N2O2. The first-order valence-corrected chi connectivity index (χ1v) is 8.94. The van der Waals surface area contributed by atoms with Gasteiger partial charge in [0.25, 0.3) is 0 Å². The Bertz CT molecular complexity index is 810. The van der Waals surface area contributed by atoms with Crippen molar-refractivity contribution in [1.82, 2.24) is 0 Å². The SMILES string of the molecule is CCCCc1cccc(NC(=O)C=CC(=O)Nc2ccc(C)c(C)c2)c1. The smallest absolute Gasteiger partial charge is 0.248 e. The first-order valence-electron chi connectivity index (χ1n) is 8.94. The molecule has 2 rings (SSSR count). The second kappa shape index (κ2) is 9.56. The Morgan fingerprint density at radius 2 is 1.54 bits per heavy atom. The molecule has 2 aromatic carbocycles. The summed E-state index contributed by atoms with van der Waals surface area (Å²) in [6.07, 6.45) is 5.74. The molecule has 0 atom stereocenters. The molecule has 0 aliphatic carbocycles. The first-order chi connectivity index (χ1) is 12.5. The molecule has 0 heterocycles. The third-order valence-corrected chi connectivity index (χ3v) is 4.17. The van der Waals surface area contributed by atoms with Crippen LogP contribution in [0.3, 0.4) is 0 Å². The van der Waals surface area contributed by atoms with Gasteiger partial charge < -0.3 is 10.6 Å². The van der Waals surface area contributed by atoms with E-state index in [0.717, 1.165) is 30.5 Å². The zero-order chi connectivity index (χ0) is 18.9. The minimum absolute atomic E-state index is 0.326. The largest absolute Gasteiger partial charge is 0.323 e. The predicted molar refractivity (Wildman–Crippen MR) is 107 cm³/mol. The summed E-state index contributed by atoms with van der Waals surface area (Å²) in [5.41, 5.74) is 4.92. The van der Waals surface area contributed by atoms with Gasteiger partial charge in [-0.2, -0.15) is 0 Å². The van der Waals surface area contributed by atoms with Gasteiger partial charge in [0.2, 0.25) is 11.8 Å². The van der Waals surface area contributed by atoms with Crippen LogP contribution in [0, 0.1) is 13.8 Å². The maximum atomic E-state index is 12.0. The number of benzene rings is 2. The number of aryl methyl sites for hydroxylation is 3. The Balaban J connectivity index is 1.90. The fraction of sp³-hybridized carbons (Fsp3) is 0.273. The highest BCUT2D eigenvalue weighted by Gasteiger charge is 2.03. The van der Waals surface area contributed by atoms with E-state index in [1.165, 1.54) is 23.3 Å². The summed E-state index contributed by atoms with van der Waals surface area (Å²) in [6, 6.07) is 13.5. The molecule has 0 aliphatic heterocycles. The molecule has 2 N–H and O–H groups in total. The van der Waals surface area contributed by atoms with E-state index in [9.17, 15) is 9.59 Å². The second-order valence-electron chi connectivity index (χ2n) is 6.41. The van der Waals surface area contributed by atoms with Gasteiger partial charge in [0.05, 0.1) is 0 Å². The molecule has 0 spiro atoms. The van der Waals surface area contributed by atoms with E-state index in [2.05, 4.69) is 23.6 Å². The van der Waals surface area contributed by atoms with E-state index >= 15 is 0 Å². The topological polar surface area (TPSA) is 58.2 Å². The molecule has 2 amide bonds. The first kappa shape index (κ1) is 19.4. The number of nitrogens with one attached hydrogen (secondary N) is 2.